The molecule has 1 aromatic carbocycles. The van der Waals surface area contributed by atoms with Gasteiger partial charge in [0, 0.05) is 12.6 Å². The average Bonchev–Trinajstić information content (AvgIpc) is 2.41. The molecule has 1 unspecified atom stereocenters. The SMILES string of the molecule is COc1cccc(CCC(CN)NC(=O)OC(C)(C)C)c1. The van der Waals surface area contributed by atoms with Gasteiger partial charge in [0.25, 0.3) is 0 Å². The van der Waals surface area contributed by atoms with E-state index in [0.717, 1.165) is 24.2 Å². The van der Waals surface area contributed by atoms with E-state index < -0.39 is 11.7 Å². The molecular formula is C16H26N2O3. The van der Waals surface area contributed by atoms with Gasteiger partial charge in [0.1, 0.15) is 11.4 Å². The highest BCUT2D eigenvalue weighted by atomic mass is 16.6. The first kappa shape index (κ1) is 17.3. The Labute approximate surface area is 126 Å². The van der Waals surface area contributed by atoms with Crippen LogP contribution in [0, 0.1) is 0 Å². The van der Waals surface area contributed by atoms with Crippen LogP contribution < -0.4 is 15.8 Å². The molecule has 21 heavy (non-hydrogen) atoms. The molecule has 1 atom stereocenters. The first-order chi connectivity index (χ1) is 9.84. The monoisotopic (exact) mass is 294 g/mol. The average molecular weight is 294 g/mol. The second-order valence-electron chi connectivity index (χ2n) is 5.97. The van der Waals surface area contributed by atoms with E-state index >= 15 is 0 Å². The van der Waals surface area contributed by atoms with Crippen LogP contribution in [0.15, 0.2) is 24.3 Å². The van der Waals surface area contributed by atoms with E-state index in [1.807, 2.05) is 45.0 Å². The number of nitrogens with one attached hydrogen (secondary N) is 1. The third-order valence-corrected chi connectivity index (χ3v) is 2.92. The number of methoxy groups -OCH3 is 1. The molecule has 118 valence electrons. The molecule has 5 heteroatoms. The standard InChI is InChI=1S/C16H26N2O3/c1-16(2,3)21-15(19)18-13(11-17)9-8-12-6-5-7-14(10-12)20-4/h5-7,10,13H,8-9,11,17H2,1-4H3,(H,18,19). The van der Waals surface area contributed by atoms with Crippen molar-refractivity contribution in [1.29, 1.82) is 0 Å². The van der Waals surface area contributed by atoms with Crippen molar-refractivity contribution in [1.82, 2.24) is 5.32 Å². The lowest BCUT2D eigenvalue weighted by atomic mass is 10.1. The van der Waals surface area contributed by atoms with Crippen LogP contribution in [-0.4, -0.2) is 31.4 Å². The summed E-state index contributed by atoms with van der Waals surface area (Å²) in [6.45, 7) is 5.88. The summed E-state index contributed by atoms with van der Waals surface area (Å²) in [7, 11) is 1.64. The lowest BCUT2D eigenvalue weighted by Gasteiger charge is -2.23. The van der Waals surface area contributed by atoms with Crippen LogP contribution in [0.25, 0.3) is 0 Å². The summed E-state index contributed by atoms with van der Waals surface area (Å²) in [6.07, 6.45) is 1.14. The van der Waals surface area contributed by atoms with Crippen molar-refractivity contribution in [3.63, 3.8) is 0 Å². The molecule has 5 nitrogen and oxygen atoms in total. The lowest BCUT2D eigenvalue weighted by Crippen LogP contribution is -2.43. The van der Waals surface area contributed by atoms with Crippen LogP contribution in [0.3, 0.4) is 0 Å². The van der Waals surface area contributed by atoms with Crippen LogP contribution in [0.1, 0.15) is 32.8 Å². The smallest absolute Gasteiger partial charge is 0.407 e. The fraction of sp³-hybridized carbons (Fsp3) is 0.562. The Morgan fingerprint density at radius 1 is 1.38 bits per heavy atom. The Kier molecular flexibility index (Phi) is 6.49. The summed E-state index contributed by atoms with van der Waals surface area (Å²) in [6, 6.07) is 7.77. The number of carbonyl (C=O) groups excluding carboxylic acids is 1. The van der Waals surface area contributed by atoms with E-state index in [-0.39, 0.29) is 6.04 Å². The largest absolute Gasteiger partial charge is 0.497 e. The maximum atomic E-state index is 11.7. The summed E-state index contributed by atoms with van der Waals surface area (Å²) < 4.78 is 10.4. The number of alkyl carbamates (subject to hydrolysis) is 1. The van der Waals surface area contributed by atoms with E-state index in [0.29, 0.717) is 6.54 Å². The molecule has 0 saturated carbocycles. The predicted molar refractivity (Wildman–Crippen MR) is 83.5 cm³/mol. The molecule has 0 spiro atoms. The highest BCUT2D eigenvalue weighted by molar-refractivity contribution is 5.68. The number of hydrogen-bond acceptors (Lipinski definition) is 4. The van der Waals surface area contributed by atoms with Crippen molar-refractivity contribution in [3.8, 4) is 5.75 Å². The van der Waals surface area contributed by atoms with Crippen LogP contribution in [-0.2, 0) is 11.2 Å². The van der Waals surface area contributed by atoms with Gasteiger partial charge in [0.05, 0.1) is 7.11 Å². The highest BCUT2D eigenvalue weighted by Gasteiger charge is 2.18. The second-order valence-corrected chi connectivity index (χ2v) is 5.97. The Balaban J connectivity index is 2.48. The zero-order valence-electron chi connectivity index (χ0n) is 13.3. The second kappa shape index (κ2) is 7.88. The zero-order valence-corrected chi connectivity index (χ0v) is 13.3. The summed E-state index contributed by atoms with van der Waals surface area (Å²) in [5.74, 6) is 0.830. The number of amides is 1. The molecule has 1 rings (SSSR count). The van der Waals surface area contributed by atoms with E-state index in [9.17, 15) is 4.79 Å². The quantitative estimate of drug-likeness (QED) is 0.845. The van der Waals surface area contributed by atoms with Crippen molar-refractivity contribution in [2.75, 3.05) is 13.7 Å². The van der Waals surface area contributed by atoms with Crippen molar-refractivity contribution in [2.24, 2.45) is 5.73 Å². The number of ether oxygens (including phenoxy) is 2. The minimum atomic E-state index is -0.504. The van der Waals surface area contributed by atoms with Crippen molar-refractivity contribution < 1.29 is 14.3 Å². The molecule has 1 aromatic rings. The Bertz CT molecular complexity index is 455. The summed E-state index contributed by atoms with van der Waals surface area (Å²) in [5.41, 5.74) is 6.36. The maximum Gasteiger partial charge on any atom is 0.407 e. The molecule has 1 amide bonds. The van der Waals surface area contributed by atoms with E-state index in [2.05, 4.69) is 5.32 Å². The van der Waals surface area contributed by atoms with Crippen molar-refractivity contribution >= 4 is 6.09 Å². The Morgan fingerprint density at radius 3 is 2.67 bits per heavy atom. The minimum absolute atomic E-state index is 0.106. The lowest BCUT2D eigenvalue weighted by molar-refractivity contribution is 0.0503. The van der Waals surface area contributed by atoms with Crippen LogP contribution in [0.4, 0.5) is 4.79 Å². The van der Waals surface area contributed by atoms with E-state index in [1.54, 1.807) is 7.11 Å². The van der Waals surface area contributed by atoms with Gasteiger partial charge in [-0.1, -0.05) is 12.1 Å². The molecule has 0 aliphatic rings. The van der Waals surface area contributed by atoms with Crippen LogP contribution >= 0.6 is 0 Å². The number of rotatable bonds is 6. The third-order valence-electron chi connectivity index (χ3n) is 2.92. The maximum absolute atomic E-state index is 11.7. The molecule has 3 N–H and O–H groups in total. The first-order valence-electron chi connectivity index (χ1n) is 7.16. The fourth-order valence-corrected chi connectivity index (χ4v) is 1.89. The molecule has 0 radical (unpaired) electrons. The molecule has 0 heterocycles. The van der Waals surface area contributed by atoms with Gasteiger partial charge in [-0.15, -0.1) is 0 Å². The van der Waals surface area contributed by atoms with Crippen LogP contribution in [0.2, 0.25) is 0 Å². The van der Waals surface area contributed by atoms with Gasteiger partial charge in [-0.3, -0.25) is 0 Å². The fourth-order valence-electron chi connectivity index (χ4n) is 1.89. The van der Waals surface area contributed by atoms with Crippen molar-refractivity contribution in [2.45, 2.75) is 45.3 Å². The molecule has 0 fully saturated rings. The van der Waals surface area contributed by atoms with Gasteiger partial charge in [0.15, 0.2) is 0 Å². The number of nitrogens with two attached hydrogens (primary N) is 1. The third kappa shape index (κ3) is 6.99. The van der Waals surface area contributed by atoms with Gasteiger partial charge in [-0.2, -0.15) is 0 Å². The van der Waals surface area contributed by atoms with E-state index in [1.165, 1.54) is 0 Å². The number of hydrogen-bond donors (Lipinski definition) is 2. The number of aryl methyl sites for hydroxylation is 1. The molecule has 0 aromatic heterocycles. The predicted octanol–water partition coefficient (Wildman–Crippen LogP) is 2.48. The molecular weight excluding hydrogens is 268 g/mol. The van der Waals surface area contributed by atoms with Gasteiger partial charge >= 0.3 is 6.09 Å². The van der Waals surface area contributed by atoms with Crippen LogP contribution in [0.5, 0.6) is 5.75 Å². The van der Waals surface area contributed by atoms with Gasteiger partial charge in [-0.25, -0.2) is 4.79 Å². The Hall–Kier alpha value is -1.75. The van der Waals surface area contributed by atoms with Gasteiger partial charge < -0.3 is 20.5 Å². The number of carbonyl (C=O) groups is 1. The zero-order chi connectivity index (χ0) is 15.9. The molecule has 0 bridgehead atoms. The first-order valence-corrected chi connectivity index (χ1v) is 7.16. The van der Waals surface area contributed by atoms with E-state index in [4.69, 9.17) is 15.2 Å². The molecule has 0 aliphatic heterocycles. The van der Waals surface area contributed by atoms with Crippen molar-refractivity contribution in [3.05, 3.63) is 29.8 Å². The van der Waals surface area contributed by atoms with Gasteiger partial charge in [-0.05, 0) is 51.3 Å². The summed E-state index contributed by atoms with van der Waals surface area (Å²) in [5, 5.41) is 2.80. The van der Waals surface area contributed by atoms with Gasteiger partial charge in [0.2, 0.25) is 0 Å². The molecule has 0 saturated heterocycles. The minimum Gasteiger partial charge on any atom is -0.497 e. The topological polar surface area (TPSA) is 73.6 Å². The summed E-state index contributed by atoms with van der Waals surface area (Å²) >= 11 is 0. The highest BCUT2D eigenvalue weighted by Crippen LogP contribution is 2.14. The normalized spacial score (nSPS) is 12.6. The summed E-state index contributed by atoms with van der Waals surface area (Å²) in [4.78, 5) is 11.7. The Morgan fingerprint density at radius 2 is 2.10 bits per heavy atom. The molecule has 0 aliphatic carbocycles. The number of benzene rings is 1.